The average Bonchev–Trinajstić information content (AvgIpc) is 3.45. The minimum absolute atomic E-state index is 0.127. The lowest BCUT2D eigenvalue weighted by Crippen LogP contribution is -2.36. The van der Waals surface area contributed by atoms with Crippen molar-refractivity contribution in [2.24, 2.45) is 0 Å². The number of hydrogen-bond acceptors (Lipinski definition) is 5. The number of phenols is 1. The molecule has 2 aromatic heterocycles. The highest BCUT2D eigenvalue weighted by Crippen LogP contribution is 2.44. The molecule has 0 amide bonds. The average molecular weight is 526 g/mol. The second kappa shape index (κ2) is 10.1. The molecule has 6 rings (SSSR count). The van der Waals surface area contributed by atoms with Crippen LogP contribution in [0.15, 0.2) is 79.0 Å². The molecule has 8 heteroatoms. The van der Waals surface area contributed by atoms with Gasteiger partial charge >= 0.3 is 0 Å². The molecule has 194 valence electrons. The lowest BCUT2D eigenvalue weighted by molar-refractivity contribution is 0.122. The zero-order chi connectivity index (χ0) is 26.2. The van der Waals surface area contributed by atoms with Gasteiger partial charge in [0.05, 0.1) is 36.7 Å². The standard InChI is InChI=1S/C30H31N5O2S/c1-20-19-24(21(2)34(20)26-8-3-4-9-27(26)36)29-28(25-7-5-6-14-31-25)32-30(38)35(29)23-12-10-22(11-13-23)33-15-17-37-18-16-33/h3-14,19,28-29,36H,15-18H2,1-2H3,(H,32,38). The van der Waals surface area contributed by atoms with E-state index in [1.807, 2.05) is 42.6 Å². The molecule has 2 aliphatic rings. The van der Waals surface area contributed by atoms with Crippen LogP contribution in [-0.4, -0.2) is 46.1 Å². The van der Waals surface area contributed by atoms with E-state index in [0.717, 1.165) is 60.3 Å². The number of pyridine rings is 1. The smallest absolute Gasteiger partial charge is 0.174 e. The van der Waals surface area contributed by atoms with Gasteiger partial charge < -0.3 is 29.5 Å². The molecule has 2 aromatic carbocycles. The number of ether oxygens (including phenoxy) is 1. The number of para-hydroxylation sites is 2. The van der Waals surface area contributed by atoms with Crippen molar-refractivity contribution in [3.8, 4) is 11.4 Å². The number of nitrogens with zero attached hydrogens (tertiary/aromatic N) is 4. The summed E-state index contributed by atoms with van der Waals surface area (Å²) < 4.78 is 7.63. The molecule has 0 spiro atoms. The third-order valence-electron chi connectivity index (χ3n) is 7.51. The van der Waals surface area contributed by atoms with E-state index in [2.05, 4.69) is 63.9 Å². The van der Waals surface area contributed by atoms with Crippen molar-refractivity contribution in [3.63, 3.8) is 0 Å². The normalized spacial score (nSPS) is 19.6. The highest BCUT2D eigenvalue weighted by atomic mass is 32.1. The van der Waals surface area contributed by atoms with Crippen LogP contribution in [0.2, 0.25) is 0 Å². The number of rotatable bonds is 5. The van der Waals surface area contributed by atoms with E-state index in [4.69, 9.17) is 21.9 Å². The Morgan fingerprint density at radius 1 is 0.947 bits per heavy atom. The lowest BCUT2D eigenvalue weighted by atomic mass is 9.96. The number of anilines is 2. The predicted octanol–water partition coefficient (Wildman–Crippen LogP) is 5.21. The number of thiocarbonyl (C=S) groups is 1. The summed E-state index contributed by atoms with van der Waals surface area (Å²) in [7, 11) is 0. The maximum atomic E-state index is 10.6. The van der Waals surface area contributed by atoms with Gasteiger partial charge in [0, 0.05) is 42.0 Å². The largest absolute Gasteiger partial charge is 0.506 e. The Kier molecular flexibility index (Phi) is 6.51. The molecule has 2 atom stereocenters. The molecule has 0 radical (unpaired) electrons. The maximum absolute atomic E-state index is 10.6. The highest BCUT2D eigenvalue weighted by Gasteiger charge is 2.42. The fourth-order valence-corrected chi connectivity index (χ4v) is 6.05. The van der Waals surface area contributed by atoms with Crippen molar-refractivity contribution in [1.82, 2.24) is 14.9 Å². The molecule has 38 heavy (non-hydrogen) atoms. The van der Waals surface area contributed by atoms with Gasteiger partial charge in [-0.15, -0.1) is 0 Å². The van der Waals surface area contributed by atoms with Crippen molar-refractivity contribution in [2.45, 2.75) is 25.9 Å². The molecule has 0 saturated carbocycles. The maximum Gasteiger partial charge on any atom is 0.174 e. The van der Waals surface area contributed by atoms with Gasteiger partial charge in [-0.05, 0) is 86.2 Å². The van der Waals surface area contributed by atoms with Gasteiger partial charge in [0.25, 0.3) is 0 Å². The first-order valence-corrected chi connectivity index (χ1v) is 13.3. The Morgan fingerprint density at radius 3 is 2.37 bits per heavy atom. The Hall–Kier alpha value is -3.88. The molecule has 2 saturated heterocycles. The van der Waals surface area contributed by atoms with Crippen LogP contribution in [0.5, 0.6) is 5.75 Å². The quantitative estimate of drug-likeness (QED) is 0.347. The molecule has 2 N–H and O–H groups in total. The van der Waals surface area contributed by atoms with E-state index in [0.29, 0.717) is 5.11 Å². The van der Waals surface area contributed by atoms with Crippen molar-refractivity contribution in [1.29, 1.82) is 0 Å². The van der Waals surface area contributed by atoms with Gasteiger partial charge in [-0.3, -0.25) is 4.98 Å². The minimum Gasteiger partial charge on any atom is -0.506 e. The van der Waals surface area contributed by atoms with E-state index < -0.39 is 0 Å². The summed E-state index contributed by atoms with van der Waals surface area (Å²) in [5.74, 6) is 0.248. The van der Waals surface area contributed by atoms with Crippen molar-refractivity contribution in [3.05, 3.63) is 102 Å². The Bertz CT molecular complexity index is 1450. The molecule has 2 fully saturated rings. The Labute approximate surface area is 228 Å². The van der Waals surface area contributed by atoms with Crippen LogP contribution in [0.25, 0.3) is 5.69 Å². The monoisotopic (exact) mass is 525 g/mol. The molecular weight excluding hydrogens is 494 g/mol. The van der Waals surface area contributed by atoms with E-state index in [1.54, 1.807) is 6.07 Å². The van der Waals surface area contributed by atoms with Crippen LogP contribution in [0, 0.1) is 13.8 Å². The van der Waals surface area contributed by atoms with E-state index in [-0.39, 0.29) is 17.8 Å². The van der Waals surface area contributed by atoms with Crippen LogP contribution < -0.4 is 15.1 Å². The van der Waals surface area contributed by atoms with E-state index in [9.17, 15) is 5.11 Å². The van der Waals surface area contributed by atoms with Gasteiger partial charge in [-0.1, -0.05) is 18.2 Å². The predicted molar refractivity (Wildman–Crippen MR) is 154 cm³/mol. The topological polar surface area (TPSA) is 65.8 Å². The highest BCUT2D eigenvalue weighted by molar-refractivity contribution is 7.80. The van der Waals surface area contributed by atoms with E-state index >= 15 is 0 Å². The molecule has 0 bridgehead atoms. The third-order valence-corrected chi connectivity index (χ3v) is 7.83. The summed E-state index contributed by atoms with van der Waals surface area (Å²) in [6.45, 7) is 7.47. The minimum atomic E-state index is -0.138. The van der Waals surface area contributed by atoms with Gasteiger partial charge in [-0.2, -0.15) is 0 Å². The molecule has 2 aliphatic heterocycles. The number of aromatic nitrogens is 2. The molecule has 0 aliphatic carbocycles. The number of morpholine rings is 1. The first-order chi connectivity index (χ1) is 18.5. The van der Waals surface area contributed by atoms with Crippen molar-refractivity contribution >= 4 is 28.7 Å². The van der Waals surface area contributed by atoms with Crippen LogP contribution in [0.3, 0.4) is 0 Å². The molecular formula is C30H31N5O2S. The summed E-state index contributed by atoms with van der Waals surface area (Å²) in [5.41, 5.74) is 7.13. The van der Waals surface area contributed by atoms with Crippen LogP contribution in [-0.2, 0) is 4.74 Å². The van der Waals surface area contributed by atoms with E-state index in [1.165, 1.54) is 5.69 Å². The third kappa shape index (κ3) is 4.29. The number of benzene rings is 2. The molecule has 4 aromatic rings. The zero-order valence-corrected chi connectivity index (χ0v) is 22.4. The molecule has 7 nitrogen and oxygen atoms in total. The summed E-state index contributed by atoms with van der Waals surface area (Å²) in [4.78, 5) is 9.24. The van der Waals surface area contributed by atoms with Gasteiger partial charge in [-0.25, -0.2) is 0 Å². The zero-order valence-electron chi connectivity index (χ0n) is 21.5. The summed E-state index contributed by atoms with van der Waals surface area (Å²) in [6.07, 6.45) is 1.82. The molecule has 2 unspecified atom stereocenters. The van der Waals surface area contributed by atoms with Crippen LogP contribution in [0.4, 0.5) is 11.4 Å². The van der Waals surface area contributed by atoms with Crippen LogP contribution >= 0.6 is 12.2 Å². The van der Waals surface area contributed by atoms with Crippen molar-refractivity contribution in [2.75, 3.05) is 36.1 Å². The van der Waals surface area contributed by atoms with Gasteiger partial charge in [0.15, 0.2) is 5.11 Å². The SMILES string of the molecule is Cc1cc(C2C(c3ccccn3)NC(=S)N2c2ccc(N3CCOCC3)cc2)c(C)n1-c1ccccc1O. The summed E-state index contributed by atoms with van der Waals surface area (Å²) in [5, 5.41) is 14.9. The number of phenolic OH excluding ortho intramolecular Hbond substituents is 1. The summed E-state index contributed by atoms with van der Waals surface area (Å²) >= 11 is 5.95. The second-order valence-corrected chi connectivity index (χ2v) is 10.1. The van der Waals surface area contributed by atoms with Crippen molar-refractivity contribution < 1.29 is 9.84 Å². The number of hydrogen-bond donors (Lipinski definition) is 2. The second-order valence-electron chi connectivity index (χ2n) is 9.76. The molecule has 4 heterocycles. The van der Waals surface area contributed by atoms with Gasteiger partial charge in [0.1, 0.15) is 5.75 Å². The number of aromatic hydroxyl groups is 1. The number of nitrogens with one attached hydrogen (secondary N) is 1. The fraction of sp³-hybridized carbons (Fsp3) is 0.267. The fourth-order valence-electron chi connectivity index (χ4n) is 5.71. The van der Waals surface area contributed by atoms with Crippen LogP contribution in [0.1, 0.15) is 34.7 Å². The Morgan fingerprint density at radius 2 is 1.66 bits per heavy atom. The number of aryl methyl sites for hydroxylation is 1. The summed E-state index contributed by atoms with van der Waals surface area (Å²) in [6, 6.07) is 24.0. The first-order valence-electron chi connectivity index (χ1n) is 12.9. The Balaban J connectivity index is 1.44. The first kappa shape index (κ1) is 24.5. The lowest BCUT2D eigenvalue weighted by Gasteiger charge is -2.31. The van der Waals surface area contributed by atoms with Gasteiger partial charge in [0.2, 0.25) is 0 Å².